The van der Waals surface area contributed by atoms with Gasteiger partial charge in [0.2, 0.25) is 0 Å². The van der Waals surface area contributed by atoms with Gasteiger partial charge in [0, 0.05) is 12.2 Å². The first kappa shape index (κ1) is 22.3. The quantitative estimate of drug-likeness (QED) is 0.609. The van der Waals surface area contributed by atoms with E-state index in [1.165, 1.54) is 6.07 Å². The number of rotatable bonds is 6. The smallest absolute Gasteiger partial charge is 0.416 e. The zero-order chi connectivity index (χ0) is 21.7. The number of aliphatic hydroxyl groups excluding tert-OH is 1. The zero-order valence-corrected chi connectivity index (χ0v) is 14.6. The number of hydrogen-bond acceptors (Lipinski definition) is 3. The topological polar surface area (TPSA) is 70.6 Å². The Morgan fingerprint density at radius 1 is 0.966 bits per heavy atom. The van der Waals surface area contributed by atoms with Crippen molar-refractivity contribution in [2.24, 2.45) is 0 Å². The molecule has 29 heavy (non-hydrogen) atoms. The van der Waals surface area contributed by atoms with Crippen molar-refractivity contribution in [1.29, 1.82) is 0 Å². The molecule has 0 fully saturated rings. The Bertz CT molecular complexity index is 822. The number of carbonyl (C=O) groups excluding carboxylic acids is 1. The summed E-state index contributed by atoms with van der Waals surface area (Å²) in [7, 11) is 0. The van der Waals surface area contributed by atoms with E-state index in [1.807, 2.05) is 0 Å². The lowest BCUT2D eigenvalue weighted by molar-refractivity contribution is -0.138. The summed E-state index contributed by atoms with van der Waals surface area (Å²) in [5, 5.41) is 14.3. The molecule has 0 heterocycles. The van der Waals surface area contributed by atoms with Gasteiger partial charge in [-0.25, -0.2) is 4.79 Å². The number of aliphatic hydroxyl groups is 1. The molecule has 0 aliphatic heterocycles. The van der Waals surface area contributed by atoms with Gasteiger partial charge in [0.05, 0.1) is 11.1 Å². The highest BCUT2D eigenvalue weighted by molar-refractivity contribution is 5.89. The minimum Gasteiger partial charge on any atom is -0.491 e. The van der Waals surface area contributed by atoms with Crippen LogP contribution in [-0.4, -0.2) is 30.4 Å². The Kier molecular flexibility index (Phi) is 6.96. The summed E-state index contributed by atoms with van der Waals surface area (Å²) in [5.41, 5.74) is -1.67. The third-order valence-corrected chi connectivity index (χ3v) is 3.57. The molecule has 2 aromatic carbocycles. The molecule has 2 rings (SSSR count). The number of anilines is 1. The van der Waals surface area contributed by atoms with Gasteiger partial charge >= 0.3 is 18.4 Å². The summed E-state index contributed by atoms with van der Waals surface area (Å²) in [6, 6.07) is 7.02. The fraction of sp³-hybridized carbons (Fsp3) is 0.278. The van der Waals surface area contributed by atoms with Crippen LogP contribution in [0.3, 0.4) is 0 Å². The monoisotopic (exact) mass is 422 g/mol. The average Bonchev–Trinajstić information content (AvgIpc) is 2.64. The Morgan fingerprint density at radius 2 is 1.59 bits per heavy atom. The number of benzene rings is 2. The molecule has 1 atom stereocenters. The molecule has 0 aliphatic carbocycles. The number of amides is 2. The summed E-state index contributed by atoms with van der Waals surface area (Å²) in [6.07, 6.45) is -10.3. The molecule has 11 heteroatoms. The van der Waals surface area contributed by atoms with Gasteiger partial charge in [0.15, 0.2) is 0 Å². The molecular weight excluding hydrogens is 406 g/mol. The second-order valence-corrected chi connectivity index (χ2v) is 5.90. The molecule has 5 nitrogen and oxygen atoms in total. The fourth-order valence-electron chi connectivity index (χ4n) is 2.14. The third-order valence-electron chi connectivity index (χ3n) is 3.57. The van der Waals surface area contributed by atoms with Gasteiger partial charge < -0.3 is 20.5 Å². The Labute approximate surface area is 161 Å². The molecule has 0 radical (unpaired) electrons. The lowest BCUT2D eigenvalue weighted by atomic mass is 10.2. The number of carbonyl (C=O) groups is 1. The predicted molar refractivity (Wildman–Crippen MR) is 91.4 cm³/mol. The van der Waals surface area contributed by atoms with Crippen molar-refractivity contribution in [1.82, 2.24) is 5.32 Å². The van der Waals surface area contributed by atoms with Gasteiger partial charge in [0.25, 0.3) is 0 Å². The van der Waals surface area contributed by atoms with E-state index in [0.717, 1.165) is 42.5 Å². The summed E-state index contributed by atoms with van der Waals surface area (Å²) in [4.78, 5) is 11.7. The number of hydrogen-bond donors (Lipinski definition) is 3. The zero-order valence-electron chi connectivity index (χ0n) is 14.6. The highest BCUT2D eigenvalue weighted by Crippen LogP contribution is 2.31. The van der Waals surface area contributed by atoms with Crippen molar-refractivity contribution < 1.29 is 41.0 Å². The first-order valence-electron chi connectivity index (χ1n) is 8.15. The first-order valence-corrected chi connectivity index (χ1v) is 8.15. The maximum absolute atomic E-state index is 12.6. The van der Waals surface area contributed by atoms with Crippen LogP contribution in [0, 0.1) is 0 Å². The Hall–Kier alpha value is -2.95. The van der Waals surface area contributed by atoms with Crippen LogP contribution in [0.4, 0.5) is 36.8 Å². The van der Waals surface area contributed by atoms with E-state index < -0.39 is 35.6 Å². The predicted octanol–water partition coefficient (Wildman–Crippen LogP) is 4.29. The molecule has 0 saturated heterocycles. The van der Waals surface area contributed by atoms with Crippen LogP contribution in [0.15, 0.2) is 48.5 Å². The van der Waals surface area contributed by atoms with E-state index >= 15 is 0 Å². The number of alkyl halides is 6. The van der Waals surface area contributed by atoms with Crippen molar-refractivity contribution in [2.45, 2.75) is 18.5 Å². The highest BCUT2D eigenvalue weighted by Gasteiger charge is 2.31. The molecule has 1 unspecified atom stereocenters. The second kappa shape index (κ2) is 9.03. The standard InChI is InChI=1S/C18H16F6N2O3/c19-17(20,21)11-4-6-13(7-5-11)26-16(28)25-9-14(27)10-29-15-3-1-2-12(8-15)18(22,23)24/h1-8,14,27H,9-10H2,(H2,25,26,28). The van der Waals surface area contributed by atoms with Crippen LogP contribution in [0.2, 0.25) is 0 Å². The van der Waals surface area contributed by atoms with Gasteiger partial charge in [-0.15, -0.1) is 0 Å². The molecular formula is C18H16F6N2O3. The fourth-order valence-corrected chi connectivity index (χ4v) is 2.14. The third kappa shape index (κ3) is 7.18. The number of nitrogens with one attached hydrogen (secondary N) is 2. The van der Waals surface area contributed by atoms with Gasteiger partial charge in [-0.2, -0.15) is 26.3 Å². The van der Waals surface area contributed by atoms with Gasteiger partial charge in [0.1, 0.15) is 18.5 Å². The maximum atomic E-state index is 12.6. The van der Waals surface area contributed by atoms with E-state index in [2.05, 4.69) is 10.6 Å². The average molecular weight is 422 g/mol. The normalized spacial score (nSPS) is 12.9. The van der Waals surface area contributed by atoms with Crippen LogP contribution in [0.5, 0.6) is 5.75 Å². The Balaban J connectivity index is 1.77. The van der Waals surface area contributed by atoms with E-state index in [-0.39, 0.29) is 24.6 Å². The van der Waals surface area contributed by atoms with E-state index in [0.29, 0.717) is 0 Å². The maximum Gasteiger partial charge on any atom is 0.416 e. The molecule has 0 saturated carbocycles. The molecule has 3 N–H and O–H groups in total. The van der Waals surface area contributed by atoms with Gasteiger partial charge in [-0.05, 0) is 42.5 Å². The molecule has 0 bridgehead atoms. The van der Waals surface area contributed by atoms with E-state index in [9.17, 15) is 36.2 Å². The molecule has 0 aliphatic rings. The van der Waals surface area contributed by atoms with E-state index in [4.69, 9.17) is 4.74 Å². The lowest BCUT2D eigenvalue weighted by Crippen LogP contribution is -2.37. The van der Waals surface area contributed by atoms with Crippen LogP contribution < -0.4 is 15.4 Å². The van der Waals surface area contributed by atoms with Crippen molar-refractivity contribution in [2.75, 3.05) is 18.5 Å². The minimum atomic E-state index is -4.53. The van der Waals surface area contributed by atoms with Crippen LogP contribution in [0.25, 0.3) is 0 Å². The summed E-state index contributed by atoms with van der Waals surface area (Å²) in [6.45, 7) is -0.687. The number of ether oxygens (including phenoxy) is 1. The van der Waals surface area contributed by atoms with Gasteiger partial charge in [-0.1, -0.05) is 6.07 Å². The van der Waals surface area contributed by atoms with Crippen LogP contribution in [-0.2, 0) is 12.4 Å². The van der Waals surface area contributed by atoms with Gasteiger partial charge in [-0.3, -0.25) is 0 Å². The number of urea groups is 1. The summed E-state index contributed by atoms with van der Waals surface area (Å²) >= 11 is 0. The molecule has 158 valence electrons. The number of halogens is 6. The minimum absolute atomic E-state index is 0.102. The molecule has 0 spiro atoms. The van der Waals surface area contributed by atoms with E-state index in [1.54, 1.807) is 0 Å². The first-order chi connectivity index (χ1) is 13.4. The molecule has 0 aromatic heterocycles. The van der Waals surface area contributed by atoms with Crippen molar-refractivity contribution in [3.05, 3.63) is 59.7 Å². The molecule has 2 aromatic rings. The van der Waals surface area contributed by atoms with Crippen LogP contribution >= 0.6 is 0 Å². The summed E-state index contributed by atoms with van der Waals surface area (Å²) < 4.78 is 80.3. The van der Waals surface area contributed by atoms with Crippen molar-refractivity contribution in [3.63, 3.8) is 0 Å². The largest absolute Gasteiger partial charge is 0.491 e. The van der Waals surface area contributed by atoms with Crippen molar-refractivity contribution in [3.8, 4) is 5.75 Å². The van der Waals surface area contributed by atoms with Crippen molar-refractivity contribution >= 4 is 11.7 Å². The highest BCUT2D eigenvalue weighted by atomic mass is 19.4. The summed E-state index contributed by atoms with van der Waals surface area (Å²) in [5.74, 6) is -0.104. The Morgan fingerprint density at radius 3 is 2.17 bits per heavy atom. The second-order valence-electron chi connectivity index (χ2n) is 5.90. The SMILES string of the molecule is O=C(NCC(O)COc1cccc(C(F)(F)F)c1)Nc1ccc(C(F)(F)F)cc1. The van der Waals surface area contributed by atoms with Crippen LogP contribution in [0.1, 0.15) is 11.1 Å². The molecule has 2 amide bonds. The lowest BCUT2D eigenvalue weighted by Gasteiger charge is -2.15.